The number of aromatic nitrogens is 3. The molecule has 0 spiro atoms. The standard InChI is InChI=1S/C18H20N4O3/c1-10(8-11-4-6-12(7-5-11)17(24)25-3)14-9-13-15(22(14)2)20-18(19)21-16(13)23/h4-7,9-10H,8H2,1-3H3,(H3,19,20,21,23). The number of H-pyrrole nitrogens is 1. The van der Waals surface area contributed by atoms with E-state index in [2.05, 4.69) is 16.9 Å². The van der Waals surface area contributed by atoms with Crippen LogP contribution in [0.5, 0.6) is 0 Å². The van der Waals surface area contributed by atoms with E-state index in [4.69, 9.17) is 10.5 Å². The van der Waals surface area contributed by atoms with Gasteiger partial charge >= 0.3 is 5.97 Å². The Morgan fingerprint density at radius 1 is 1.36 bits per heavy atom. The minimum absolute atomic E-state index is 0.108. The van der Waals surface area contributed by atoms with Crippen LogP contribution in [0.2, 0.25) is 0 Å². The second kappa shape index (κ2) is 6.43. The van der Waals surface area contributed by atoms with Crippen LogP contribution in [0, 0.1) is 0 Å². The van der Waals surface area contributed by atoms with Crippen LogP contribution in [-0.4, -0.2) is 27.6 Å². The number of carbonyl (C=O) groups excluding carboxylic acids is 1. The highest BCUT2D eigenvalue weighted by molar-refractivity contribution is 5.89. The van der Waals surface area contributed by atoms with E-state index in [0.717, 1.165) is 17.7 Å². The number of hydrogen-bond acceptors (Lipinski definition) is 5. The predicted octanol–water partition coefficient (Wildman–Crippen LogP) is 1.98. The molecule has 2 aromatic heterocycles. The third-order valence-electron chi connectivity index (χ3n) is 4.37. The lowest BCUT2D eigenvalue weighted by Gasteiger charge is -2.13. The number of ether oxygens (including phenoxy) is 1. The summed E-state index contributed by atoms with van der Waals surface area (Å²) >= 11 is 0. The fourth-order valence-corrected chi connectivity index (χ4v) is 3.07. The van der Waals surface area contributed by atoms with Gasteiger partial charge in [0, 0.05) is 18.7 Å². The highest BCUT2D eigenvalue weighted by Gasteiger charge is 2.16. The van der Waals surface area contributed by atoms with Crippen molar-refractivity contribution in [2.24, 2.45) is 7.05 Å². The number of aromatic amines is 1. The van der Waals surface area contributed by atoms with Crippen LogP contribution in [0.4, 0.5) is 5.95 Å². The number of aryl methyl sites for hydroxylation is 1. The van der Waals surface area contributed by atoms with Gasteiger partial charge in [-0.3, -0.25) is 9.78 Å². The van der Waals surface area contributed by atoms with E-state index >= 15 is 0 Å². The van der Waals surface area contributed by atoms with Crippen molar-refractivity contribution in [2.45, 2.75) is 19.3 Å². The normalized spacial score (nSPS) is 12.3. The molecule has 0 aliphatic heterocycles. The highest BCUT2D eigenvalue weighted by Crippen LogP contribution is 2.25. The van der Waals surface area contributed by atoms with Crippen molar-refractivity contribution in [1.29, 1.82) is 0 Å². The monoisotopic (exact) mass is 340 g/mol. The molecule has 3 aromatic rings. The van der Waals surface area contributed by atoms with E-state index in [0.29, 0.717) is 16.6 Å². The maximum absolute atomic E-state index is 12.0. The number of esters is 1. The molecule has 3 rings (SSSR count). The van der Waals surface area contributed by atoms with Gasteiger partial charge in [0.05, 0.1) is 18.1 Å². The minimum Gasteiger partial charge on any atom is -0.465 e. The van der Waals surface area contributed by atoms with E-state index in [1.165, 1.54) is 7.11 Å². The molecule has 0 saturated heterocycles. The van der Waals surface area contributed by atoms with Crippen molar-refractivity contribution in [3.8, 4) is 0 Å². The third-order valence-corrected chi connectivity index (χ3v) is 4.37. The molecular formula is C18H20N4O3. The minimum atomic E-state index is -0.351. The maximum Gasteiger partial charge on any atom is 0.337 e. The molecule has 7 nitrogen and oxygen atoms in total. The Labute approximate surface area is 144 Å². The number of hydrogen-bond donors (Lipinski definition) is 2. The number of nitrogens with zero attached hydrogens (tertiary/aromatic N) is 2. The average Bonchev–Trinajstić information content (AvgIpc) is 2.92. The number of nitrogens with two attached hydrogens (primary N) is 1. The molecular weight excluding hydrogens is 320 g/mol. The van der Waals surface area contributed by atoms with Gasteiger partial charge in [-0.25, -0.2) is 4.79 Å². The number of rotatable bonds is 4. The molecule has 2 heterocycles. The number of fused-ring (bicyclic) bond motifs is 1. The lowest BCUT2D eigenvalue weighted by Crippen LogP contribution is -2.11. The topological polar surface area (TPSA) is 103 Å². The maximum atomic E-state index is 12.0. The number of nitrogens with one attached hydrogen (secondary N) is 1. The van der Waals surface area contributed by atoms with Crippen molar-refractivity contribution >= 4 is 23.0 Å². The Hall–Kier alpha value is -3.09. The number of carbonyl (C=O) groups is 1. The van der Waals surface area contributed by atoms with Crippen LogP contribution in [0.15, 0.2) is 35.1 Å². The molecule has 0 radical (unpaired) electrons. The molecule has 0 aliphatic carbocycles. The van der Waals surface area contributed by atoms with Gasteiger partial charge in [-0.1, -0.05) is 19.1 Å². The molecule has 25 heavy (non-hydrogen) atoms. The molecule has 1 unspecified atom stereocenters. The lowest BCUT2D eigenvalue weighted by molar-refractivity contribution is 0.0600. The largest absolute Gasteiger partial charge is 0.465 e. The molecule has 0 saturated carbocycles. The zero-order valence-corrected chi connectivity index (χ0v) is 14.4. The molecule has 0 aliphatic rings. The first kappa shape index (κ1) is 16.8. The van der Waals surface area contributed by atoms with E-state index in [-0.39, 0.29) is 23.4 Å². The molecule has 0 amide bonds. The Kier molecular flexibility index (Phi) is 4.31. The molecule has 0 bridgehead atoms. The summed E-state index contributed by atoms with van der Waals surface area (Å²) in [5, 5.41) is 0.527. The zero-order valence-electron chi connectivity index (χ0n) is 14.4. The van der Waals surface area contributed by atoms with Crippen molar-refractivity contribution in [3.05, 3.63) is 57.5 Å². The van der Waals surface area contributed by atoms with Crippen molar-refractivity contribution in [1.82, 2.24) is 14.5 Å². The lowest BCUT2D eigenvalue weighted by atomic mass is 9.97. The second-order valence-electron chi connectivity index (χ2n) is 6.11. The highest BCUT2D eigenvalue weighted by atomic mass is 16.5. The van der Waals surface area contributed by atoms with Gasteiger partial charge in [-0.2, -0.15) is 4.98 Å². The molecule has 1 aromatic carbocycles. The van der Waals surface area contributed by atoms with Gasteiger partial charge in [0.1, 0.15) is 5.65 Å². The smallest absolute Gasteiger partial charge is 0.337 e. The van der Waals surface area contributed by atoms with Crippen molar-refractivity contribution in [2.75, 3.05) is 12.8 Å². The number of benzene rings is 1. The fraction of sp³-hybridized carbons (Fsp3) is 0.278. The average molecular weight is 340 g/mol. The Balaban J connectivity index is 1.88. The SMILES string of the molecule is COC(=O)c1ccc(CC(C)c2cc3c(=O)[nH]c(N)nc3n2C)cc1. The summed E-state index contributed by atoms with van der Waals surface area (Å²) in [5.74, 6) is -0.0868. The molecule has 1 atom stereocenters. The summed E-state index contributed by atoms with van der Waals surface area (Å²) in [6.45, 7) is 2.08. The summed E-state index contributed by atoms with van der Waals surface area (Å²) in [5.41, 5.74) is 8.58. The summed E-state index contributed by atoms with van der Waals surface area (Å²) < 4.78 is 6.60. The summed E-state index contributed by atoms with van der Waals surface area (Å²) in [7, 11) is 3.24. The molecule has 0 fully saturated rings. The Bertz CT molecular complexity index is 986. The van der Waals surface area contributed by atoms with Crippen LogP contribution in [-0.2, 0) is 18.2 Å². The van der Waals surface area contributed by atoms with Crippen LogP contribution >= 0.6 is 0 Å². The summed E-state index contributed by atoms with van der Waals surface area (Å²) in [6, 6.07) is 9.18. The zero-order chi connectivity index (χ0) is 18.1. The first-order valence-electron chi connectivity index (χ1n) is 7.93. The second-order valence-corrected chi connectivity index (χ2v) is 6.11. The van der Waals surface area contributed by atoms with Crippen LogP contribution in [0.25, 0.3) is 11.0 Å². The first-order chi connectivity index (χ1) is 11.9. The van der Waals surface area contributed by atoms with Crippen molar-refractivity contribution < 1.29 is 9.53 Å². The van der Waals surface area contributed by atoms with Crippen LogP contribution in [0.1, 0.15) is 34.5 Å². The van der Waals surface area contributed by atoms with E-state index < -0.39 is 0 Å². The van der Waals surface area contributed by atoms with Gasteiger partial charge in [0.2, 0.25) is 5.95 Å². The number of nitrogen functional groups attached to an aromatic ring is 1. The number of anilines is 1. The molecule has 3 N–H and O–H groups in total. The van der Waals surface area contributed by atoms with E-state index in [1.54, 1.807) is 12.1 Å². The first-order valence-corrected chi connectivity index (χ1v) is 7.93. The molecule has 130 valence electrons. The Morgan fingerprint density at radius 2 is 2.04 bits per heavy atom. The van der Waals surface area contributed by atoms with Gasteiger partial charge in [-0.15, -0.1) is 0 Å². The van der Waals surface area contributed by atoms with E-state index in [1.807, 2.05) is 29.8 Å². The van der Waals surface area contributed by atoms with E-state index in [9.17, 15) is 9.59 Å². The van der Waals surface area contributed by atoms with Gasteiger partial charge < -0.3 is 15.0 Å². The fourth-order valence-electron chi connectivity index (χ4n) is 3.07. The quantitative estimate of drug-likeness (QED) is 0.707. The summed E-state index contributed by atoms with van der Waals surface area (Å²) in [6.07, 6.45) is 0.763. The van der Waals surface area contributed by atoms with Crippen molar-refractivity contribution in [3.63, 3.8) is 0 Å². The summed E-state index contributed by atoms with van der Waals surface area (Å²) in [4.78, 5) is 30.3. The molecule has 7 heteroatoms. The van der Waals surface area contributed by atoms with Crippen LogP contribution in [0.3, 0.4) is 0 Å². The van der Waals surface area contributed by atoms with Crippen LogP contribution < -0.4 is 11.3 Å². The van der Waals surface area contributed by atoms with Gasteiger partial charge in [0.25, 0.3) is 5.56 Å². The predicted molar refractivity (Wildman–Crippen MR) is 95.6 cm³/mol. The third kappa shape index (κ3) is 3.13. The Morgan fingerprint density at radius 3 is 2.68 bits per heavy atom. The van der Waals surface area contributed by atoms with Gasteiger partial charge in [0.15, 0.2) is 0 Å². The number of methoxy groups -OCH3 is 1. The van der Waals surface area contributed by atoms with Gasteiger partial charge in [-0.05, 0) is 30.2 Å².